The first-order valence-corrected chi connectivity index (χ1v) is 7.60. The first-order chi connectivity index (χ1) is 8.22. The molecule has 98 valence electrons. The summed E-state index contributed by atoms with van der Waals surface area (Å²) < 4.78 is 5.92. The van der Waals surface area contributed by atoms with Gasteiger partial charge in [-0.2, -0.15) is 0 Å². The summed E-state index contributed by atoms with van der Waals surface area (Å²) in [5, 5.41) is 3.93. The van der Waals surface area contributed by atoms with Gasteiger partial charge in [0.15, 0.2) is 0 Å². The third-order valence-corrected chi connectivity index (χ3v) is 4.85. The van der Waals surface area contributed by atoms with Crippen LogP contribution in [-0.2, 0) is 4.74 Å². The van der Waals surface area contributed by atoms with E-state index in [-0.39, 0.29) is 0 Å². The average molecular weight is 237 g/mol. The predicted octanol–water partition coefficient (Wildman–Crippen LogP) is 2.97. The van der Waals surface area contributed by atoms with Crippen molar-refractivity contribution in [3.05, 3.63) is 0 Å². The van der Waals surface area contributed by atoms with Gasteiger partial charge in [-0.05, 0) is 56.3 Å². The fraction of sp³-hybridized carbons (Fsp3) is 1.00. The molecule has 17 heavy (non-hydrogen) atoms. The van der Waals surface area contributed by atoms with Crippen LogP contribution < -0.4 is 5.32 Å². The molecule has 3 rings (SSSR count). The van der Waals surface area contributed by atoms with Crippen molar-refractivity contribution in [2.45, 2.75) is 70.6 Å². The molecule has 2 aliphatic carbocycles. The van der Waals surface area contributed by atoms with Crippen LogP contribution in [0.15, 0.2) is 0 Å². The first kappa shape index (κ1) is 12.0. The molecule has 1 heterocycles. The van der Waals surface area contributed by atoms with Gasteiger partial charge in [0, 0.05) is 18.7 Å². The Hall–Kier alpha value is -0.0800. The van der Waals surface area contributed by atoms with Crippen LogP contribution in [0.1, 0.15) is 52.4 Å². The lowest BCUT2D eigenvalue weighted by molar-refractivity contribution is 0.0753. The second-order valence-electron chi connectivity index (χ2n) is 6.85. The van der Waals surface area contributed by atoms with Crippen LogP contribution in [0.3, 0.4) is 0 Å². The van der Waals surface area contributed by atoms with Gasteiger partial charge in [-0.1, -0.05) is 13.8 Å². The van der Waals surface area contributed by atoms with Crippen molar-refractivity contribution in [1.82, 2.24) is 5.32 Å². The van der Waals surface area contributed by atoms with Crippen molar-refractivity contribution in [3.63, 3.8) is 0 Å². The molecule has 0 aromatic heterocycles. The van der Waals surface area contributed by atoms with Crippen LogP contribution in [0.2, 0.25) is 0 Å². The monoisotopic (exact) mass is 237 g/mol. The quantitative estimate of drug-likeness (QED) is 0.815. The van der Waals surface area contributed by atoms with E-state index in [0.29, 0.717) is 12.1 Å². The van der Waals surface area contributed by atoms with Gasteiger partial charge in [-0.3, -0.25) is 0 Å². The van der Waals surface area contributed by atoms with E-state index in [1.807, 2.05) is 0 Å². The largest absolute Gasteiger partial charge is 0.376 e. The van der Waals surface area contributed by atoms with E-state index in [0.717, 1.165) is 30.4 Å². The van der Waals surface area contributed by atoms with Crippen molar-refractivity contribution < 1.29 is 4.74 Å². The van der Waals surface area contributed by atoms with E-state index in [1.54, 1.807) is 0 Å². The molecule has 4 atom stereocenters. The maximum atomic E-state index is 5.92. The summed E-state index contributed by atoms with van der Waals surface area (Å²) in [6, 6.07) is 1.41. The summed E-state index contributed by atoms with van der Waals surface area (Å²) in [6.45, 7) is 5.80. The van der Waals surface area contributed by atoms with Crippen LogP contribution in [0.5, 0.6) is 0 Å². The molecule has 0 amide bonds. The lowest BCUT2D eigenvalue weighted by Gasteiger charge is -2.35. The Kier molecular flexibility index (Phi) is 3.45. The van der Waals surface area contributed by atoms with Gasteiger partial charge >= 0.3 is 0 Å². The molecule has 0 aromatic rings. The number of nitrogens with one attached hydrogen (secondary N) is 1. The smallest absolute Gasteiger partial charge is 0.0757 e. The zero-order valence-corrected chi connectivity index (χ0v) is 11.3. The molecule has 3 fully saturated rings. The zero-order chi connectivity index (χ0) is 11.8. The lowest BCUT2D eigenvalue weighted by Crippen LogP contribution is -2.46. The Labute approximate surface area is 105 Å². The second kappa shape index (κ2) is 4.89. The number of rotatable bonds is 3. The maximum Gasteiger partial charge on any atom is 0.0757 e. The van der Waals surface area contributed by atoms with Crippen LogP contribution >= 0.6 is 0 Å². The van der Waals surface area contributed by atoms with E-state index < -0.39 is 0 Å². The van der Waals surface area contributed by atoms with Crippen molar-refractivity contribution in [2.75, 3.05) is 6.61 Å². The molecule has 0 radical (unpaired) electrons. The standard InChI is InChI=1S/C15H27NO/c1-10-7-11(2)9-13(8-10)16-14-5-6-17-15(14)12-3-4-12/h10-16H,3-9H2,1-2H3. The molecule has 0 spiro atoms. The molecule has 4 unspecified atom stereocenters. The third kappa shape index (κ3) is 2.85. The highest BCUT2D eigenvalue weighted by Gasteiger charge is 2.41. The highest BCUT2D eigenvalue weighted by Crippen LogP contribution is 2.39. The van der Waals surface area contributed by atoms with Gasteiger partial charge in [0.05, 0.1) is 6.10 Å². The van der Waals surface area contributed by atoms with Gasteiger partial charge in [-0.25, -0.2) is 0 Å². The Morgan fingerprint density at radius 2 is 1.65 bits per heavy atom. The highest BCUT2D eigenvalue weighted by molar-refractivity contribution is 4.95. The molecule has 0 aromatic carbocycles. The van der Waals surface area contributed by atoms with E-state index in [9.17, 15) is 0 Å². The number of hydrogen-bond acceptors (Lipinski definition) is 2. The Balaban J connectivity index is 1.54. The fourth-order valence-corrected chi connectivity index (χ4v) is 4.06. The van der Waals surface area contributed by atoms with Crippen molar-refractivity contribution in [1.29, 1.82) is 0 Å². The fourth-order valence-electron chi connectivity index (χ4n) is 4.06. The van der Waals surface area contributed by atoms with E-state index >= 15 is 0 Å². The van der Waals surface area contributed by atoms with E-state index in [2.05, 4.69) is 19.2 Å². The summed E-state index contributed by atoms with van der Waals surface area (Å²) in [7, 11) is 0. The summed E-state index contributed by atoms with van der Waals surface area (Å²) in [4.78, 5) is 0. The van der Waals surface area contributed by atoms with Gasteiger partial charge in [0.1, 0.15) is 0 Å². The highest BCUT2D eigenvalue weighted by atomic mass is 16.5. The molecule has 3 aliphatic rings. The molecule has 2 saturated carbocycles. The second-order valence-corrected chi connectivity index (χ2v) is 6.85. The van der Waals surface area contributed by atoms with Gasteiger partial charge in [0.25, 0.3) is 0 Å². The van der Waals surface area contributed by atoms with Crippen LogP contribution in [0.4, 0.5) is 0 Å². The minimum absolute atomic E-state index is 0.544. The van der Waals surface area contributed by atoms with Gasteiger partial charge in [-0.15, -0.1) is 0 Å². The zero-order valence-electron chi connectivity index (χ0n) is 11.3. The minimum atomic E-state index is 0.544. The summed E-state index contributed by atoms with van der Waals surface area (Å²) >= 11 is 0. The molecular formula is C15H27NO. The van der Waals surface area contributed by atoms with Gasteiger partial charge in [0.2, 0.25) is 0 Å². The molecular weight excluding hydrogens is 210 g/mol. The number of ether oxygens (including phenoxy) is 1. The lowest BCUT2D eigenvalue weighted by atomic mass is 9.80. The molecule has 0 bridgehead atoms. The molecule has 1 aliphatic heterocycles. The first-order valence-electron chi connectivity index (χ1n) is 7.60. The van der Waals surface area contributed by atoms with Gasteiger partial charge < -0.3 is 10.1 Å². The average Bonchev–Trinajstić information content (AvgIpc) is 2.99. The summed E-state index contributed by atoms with van der Waals surface area (Å²) in [6.07, 6.45) is 8.76. The maximum absolute atomic E-state index is 5.92. The SMILES string of the molecule is CC1CC(C)CC(NC2CCOC2C2CC2)C1. The Morgan fingerprint density at radius 1 is 0.941 bits per heavy atom. The third-order valence-electron chi connectivity index (χ3n) is 4.85. The number of hydrogen-bond donors (Lipinski definition) is 1. The summed E-state index contributed by atoms with van der Waals surface area (Å²) in [5.74, 6) is 2.68. The normalized spacial score (nSPS) is 47.3. The topological polar surface area (TPSA) is 21.3 Å². The molecule has 1 saturated heterocycles. The van der Waals surface area contributed by atoms with E-state index in [1.165, 1.54) is 38.5 Å². The summed E-state index contributed by atoms with van der Waals surface area (Å²) in [5.41, 5.74) is 0. The van der Waals surface area contributed by atoms with Crippen LogP contribution in [0.25, 0.3) is 0 Å². The minimum Gasteiger partial charge on any atom is -0.376 e. The van der Waals surface area contributed by atoms with E-state index in [4.69, 9.17) is 4.74 Å². The molecule has 2 heteroatoms. The van der Waals surface area contributed by atoms with Crippen LogP contribution in [-0.4, -0.2) is 24.8 Å². The Morgan fingerprint density at radius 3 is 2.29 bits per heavy atom. The van der Waals surface area contributed by atoms with Crippen molar-refractivity contribution in [3.8, 4) is 0 Å². The predicted molar refractivity (Wildman–Crippen MR) is 70.0 cm³/mol. The Bertz CT molecular complexity index is 254. The molecule has 1 N–H and O–H groups in total. The van der Waals surface area contributed by atoms with Crippen molar-refractivity contribution in [2.24, 2.45) is 17.8 Å². The van der Waals surface area contributed by atoms with Crippen molar-refractivity contribution >= 4 is 0 Å². The van der Waals surface area contributed by atoms with Crippen LogP contribution in [0, 0.1) is 17.8 Å². The molecule has 2 nitrogen and oxygen atoms in total.